The molecule has 0 bridgehead atoms. The van der Waals surface area contributed by atoms with Crippen LogP contribution in [0.3, 0.4) is 0 Å². The molecule has 0 saturated heterocycles. The van der Waals surface area contributed by atoms with Crippen molar-refractivity contribution in [2.45, 2.75) is 27.2 Å². The number of nitrogens with one attached hydrogen (secondary N) is 1. The molecule has 1 aromatic carbocycles. The van der Waals surface area contributed by atoms with E-state index in [1.807, 2.05) is 19.9 Å². The van der Waals surface area contributed by atoms with Crippen molar-refractivity contribution < 1.29 is 9.18 Å². The third-order valence-corrected chi connectivity index (χ3v) is 4.15. The van der Waals surface area contributed by atoms with Gasteiger partial charge >= 0.3 is 6.03 Å². The van der Waals surface area contributed by atoms with Gasteiger partial charge in [-0.3, -0.25) is 4.98 Å². The Morgan fingerprint density at radius 1 is 1.23 bits per heavy atom. The van der Waals surface area contributed by atoms with E-state index in [1.54, 1.807) is 37.4 Å². The summed E-state index contributed by atoms with van der Waals surface area (Å²) in [6.45, 7) is 5.67. The third kappa shape index (κ3) is 4.37. The number of pyridine rings is 1. The summed E-state index contributed by atoms with van der Waals surface area (Å²) >= 11 is 0. The molecule has 0 atom stereocenters. The smallest absolute Gasteiger partial charge is 0.332 e. The van der Waals surface area contributed by atoms with Crippen LogP contribution in [0, 0.1) is 5.82 Å². The van der Waals surface area contributed by atoms with Crippen LogP contribution in [0.15, 0.2) is 47.7 Å². The minimum Gasteiger partial charge on any atom is -0.350 e. The zero-order chi connectivity index (χ0) is 21.7. The van der Waals surface area contributed by atoms with Gasteiger partial charge in [0.05, 0.1) is 11.2 Å². The third-order valence-electron chi connectivity index (χ3n) is 4.15. The topological polar surface area (TPSA) is 123 Å². The number of nitrogens with two attached hydrogens (primary N) is 1. The second kappa shape index (κ2) is 9.03. The highest BCUT2D eigenvalue weighted by molar-refractivity contribution is 5.97. The number of benzene rings is 1. The number of aromatic nitrogens is 5. The van der Waals surface area contributed by atoms with Crippen molar-refractivity contribution in [3.8, 4) is 0 Å². The lowest BCUT2D eigenvalue weighted by atomic mass is 10.1. The van der Waals surface area contributed by atoms with Crippen LogP contribution in [0.2, 0.25) is 0 Å². The van der Waals surface area contributed by atoms with Crippen molar-refractivity contribution in [3.63, 3.8) is 0 Å². The van der Waals surface area contributed by atoms with Crippen LogP contribution < -0.4 is 11.2 Å². The number of fused-ring (bicyclic) bond motifs is 2. The van der Waals surface area contributed by atoms with E-state index in [9.17, 15) is 9.18 Å². The SMILES string of the molecule is C/C(=N\NC(N)=O)c1ccc2nnc(Cc3cc4cccnc4cc3F)n2n1.CC. The Morgan fingerprint density at radius 3 is 2.80 bits per heavy atom. The standard InChI is InChI=1S/C18H15FN8O.C2H6/c1-10(22-25-18(20)28)14-4-5-16-23-24-17(27(16)26-14)8-12-7-11-3-2-6-21-15(11)9-13(12)19;1-2/h2-7,9H,8H2,1H3,(H3,20,25,28);1-2H3/b22-10+;. The van der Waals surface area contributed by atoms with Crippen molar-refractivity contribution >= 4 is 28.3 Å². The molecule has 3 aromatic heterocycles. The maximum Gasteiger partial charge on any atom is 0.332 e. The minimum absolute atomic E-state index is 0.198. The van der Waals surface area contributed by atoms with E-state index < -0.39 is 6.03 Å². The quantitative estimate of drug-likeness (QED) is 0.397. The molecule has 4 aromatic rings. The monoisotopic (exact) mass is 408 g/mol. The zero-order valence-corrected chi connectivity index (χ0v) is 16.8. The molecule has 0 saturated carbocycles. The summed E-state index contributed by atoms with van der Waals surface area (Å²) in [5.41, 5.74) is 9.67. The normalized spacial score (nSPS) is 11.3. The van der Waals surface area contributed by atoms with Crippen LogP contribution in [0.5, 0.6) is 0 Å². The molecule has 0 aliphatic heterocycles. The summed E-state index contributed by atoms with van der Waals surface area (Å²) in [7, 11) is 0. The fraction of sp³-hybridized carbons (Fsp3) is 0.200. The molecule has 30 heavy (non-hydrogen) atoms. The van der Waals surface area contributed by atoms with Crippen molar-refractivity contribution in [2.24, 2.45) is 10.8 Å². The van der Waals surface area contributed by atoms with Crippen LogP contribution in [0.1, 0.15) is 37.9 Å². The zero-order valence-electron chi connectivity index (χ0n) is 16.8. The lowest BCUT2D eigenvalue weighted by Gasteiger charge is -2.05. The van der Waals surface area contributed by atoms with Crippen LogP contribution in [-0.4, -0.2) is 36.5 Å². The highest BCUT2D eigenvalue weighted by Gasteiger charge is 2.13. The largest absolute Gasteiger partial charge is 0.350 e. The number of nitrogens with zero attached hydrogens (tertiary/aromatic N) is 6. The molecule has 0 unspecified atom stereocenters. The Morgan fingerprint density at radius 2 is 2.03 bits per heavy atom. The van der Waals surface area contributed by atoms with Gasteiger partial charge in [-0.2, -0.15) is 14.7 Å². The molecule has 0 aliphatic carbocycles. The number of halogens is 1. The van der Waals surface area contributed by atoms with Gasteiger partial charge in [-0.1, -0.05) is 19.9 Å². The minimum atomic E-state index is -0.772. The number of hydrogen-bond acceptors (Lipinski definition) is 6. The Hall–Kier alpha value is -3.95. The molecule has 0 spiro atoms. The van der Waals surface area contributed by atoms with Gasteiger partial charge in [-0.05, 0) is 36.8 Å². The van der Waals surface area contributed by atoms with Crippen LogP contribution in [-0.2, 0) is 6.42 Å². The second-order valence-electron chi connectivity index (χ2n) is 6.09. The van der Waals surface area contributed by atoms with E-state index >= 15 is 0 Å². The predicted molar refractivity (Wildman–Crippen MR) is 112 cm³/mol. The first kappa shape index (κ1) is 20.8. The summed E-state index contributed by atoms with van der Waals surface area (Å²) < 4.78 is 16.0. The first-order valence-corrected chi connectivity index (χ1v) is 9.36. The molecule has 4 rings (SSSR count). The summed E-state index contributed by atoms with van der Waals surface area (Å²) in [4.78, 5) is 15.0. The Labute approximate surface area is 171 Å². The van der Waals surface area contributed by atoms with Gasteiger partial charge in [-0.25, -0.2) is 14.6 Å². The lowest BCUT2D eigenvalue weighted by molar-refractivity contribution is 0.249. The summed E-state index contributed by atoms with van der Waals surface area (Å²) in [6.07, 6.45) is 1.82. The summed E-state index contributed by atoms with van der Waals surface area (Å²) in [6, 6.07) is 9.44. The van der Waals surface area contributed by atoms with E-state index in [2.05, 4.69) is 30.8 Å². The molecule has 2 amide bonds. The van der Waals surface area contributed by atoms with Gasteiger partial charge in [0, 0.05) is 24.1 Å². The fourth-order valence-corrected chi connectivity index (χ4v) is 2.78. The van der Waals surface area contributed by atoms with Crippen LogP contribution in [0.25, 0.3) is 16.6 Å². The van der Waals surface area contributed by atoms with Crippen molar-refractivity contribution in [1.82, 2.24) is 30.2 Å². The molecule has 9 nitrogen and oxygen atoms in total. The fourth-order valence-electron chi connectivity index (χ4n) is 2.78. The Balaban J connectivity index is 0.00000124. The number of hydrazone groups is 1. The molecule has 0 aliphatic rings. The highest BCUT2D eigenvalue weighted by atomic mass is 19.1. The highest BCUT2D eigenvalue weighted by Crippen LogP contribution is 2.20. The molecule has 3 heterocycles. The molecule has 0 radical (unpaired) electrons. The van der Waals surface area contributed by atoms with E-state index in [-0.39, 0.29) is 12.2 Å². The van der Waals surface area contributed by atoms with Crippen molar-refractivity contribution in [2.75, 3.05) is 0 Å². The van der Waals surface area contributed by atoms with E-state index in [1.165, 1.54) is 10.6 Å². The first-order chi connectivity index (χ1) is 14.5. The maximum atomic E-state index is 14.5. The number of primary amides is 1. The van der Waals surface area contributed by atoms with Crippen LogP contribution in [0.4, 0.5) is 9.18 Å². The average molecular weight is 408 g/mol. The van der Waals surface area contributed by atoms with E-state index in [4.69, 9.17) is 5.73 Å². The van der Waals surface area contributed by atoms with Crippen molar-refractivity contribution in [3.05, 3.63) is 65.5 Å². The van der Waals surface area contributed by atoms with Crippen molar-refractivity contribution in [1.29, 1.82) is 0 Å². The molecule has 154 valence electrons. The van der Waals surface area contributed by atoms with Gasteiger partial charge in [-0.15, -0.1) is 10.2 Å². The van der Waals surface area contributed by atoms with Gasteiger partial charge in [0.15, 0.2) is 11.5 Å². The molecule has 0 fully saturated rings. The maximum absolute atomic E-state index is 14.5. The van der Waals surface area contributed by atoms with Gasteiger partial charge < -0.3 is 5.73 Å². The molecule has 3 N–H and O–H groups in total. The number of rotatable bonds is 4. The first-order valence-electron chi connectivity index (χ1n) is 9.36. The van der Waals surface area contributed by atoms with Gasteiger partial charge in [0.2, 0.25) is 0 Å². The lowest BCUT2D eigenvalue weighted by Crippen LogP contribution is -2.25. The molecule has 10 heteroatoms. The van der Waals surface area contributed by atoms with Gasteiger partial charge in [0.25, 0.3) is 0 Å². The number of carbonyl (C=O) groups is 1. The molecular formula is C20H21FN8O. The van der Waals surface area contributed by atoms with E-state index in [0.29, 0.717) is 34.0 Å². The predicted octanol–water partition coefficient (Wildman–Crippen LogP) is 2.82. The number of carbonyl (C=O) groups excluding carboxylic acids is 1. The second-order valence-corrected chi connectivity index (χ2v) is 6.09. The Bertz CT molecular complexity index is 1230. The average Bonchev–Trinajstić information content (AvgIpc) is 3.16. The number of urea groups is 1. The van der Waals surface area contributed by atoms with E-state index in [0.717, 1.165) is 5.39 Å². The number of hydrogen-bond donors (Lipinski definition) is 2. The van der Waals surface area contributed by atoms with Gasteiger partial charge in [0.1, 0.15) is 11.5 Å². The molecular weight excluding hydrogens is 387 g/mol. The number of amides is 2. The van der Waals surface area contributed by atoms with Crippen LogP contribution >= 0.6 is 0 Å². The summed E-state index contributed by atoms with van der Waals surface area (Å²) in [5.74, 6) is 0.0946. The summed E-state index contributed by atoms with van der Waals surface area (Å²) in [5, 5.41) is 17.3. The Kier molecular flexibility index (Phi) is 6.26.